The summed E-state index contributed by atoms with van der Waals surface area (Å²) in [5.41, 5.74) is 1.10. The van der Waals surface area contributed by atoms with Gasteiger partial charge in [-0.2, -0.15) is 0 Å². The lowest BCUT2D eigenvalue weighted by atomic mass is 10.1. The second kappa shape index (κ2) is 6.94. The molecule has 0 bridgehead atoms. The van der Waals surface area contributed by atoms with Gasteiger partial charge in [-0.1, -0.05) is 6.07 Å². The van der Waals surface area contributed by atoms with E-state index >= 15 is 0 Å². The summed E-state index contributed by atoms with van der Waals surface area (Å²) in [4.78, 5) is 24.8. The van der Waals surface area contributed by atoms with Crippen LogP contribution in [0.4, 0.5) is 16.2 Å². The minimum Gasteiger partial charge on any atom is -0.464 e. The standard InChI is InChI=1S/C17H19N3O5/c1-11-3-5-13(20(22)23)9-14(11)18-17(21)19-7-8-24-10-15(19)16-6-4-12(2)25-16/h3-6,9,15H,7-8,10H2,1-2H3,(H,18,21)/t15-/m1/s1. The lowest BCUT2D eigenvalue weighted by Gasteiger charge is -2.34. The summed E-state index contributed by atoms with van der Waals surface area (Å²) in [6.45, 7) is 4.80. The number of benzene rings is 1. The van der Waals surface area contributed by atoms with Gasteiger partial charge in [0.2, 0.25) is 0 Å². The maximum absolute atomic E-state index is 12.7. The van der Waals surface area contributed by atoms with Gasteiger partial charge in [-0.05, 0) is 31.5 Å². The molecule has 0 unspecified atom stereocenters. The Morgan fingerprint density at radius 3 is 2.80 bits per heavy atom. The number of nitro groups is 1. The summed E-state index contributed by atoms with van der Waals surface area (Å²) < 4.78 is 11.1. The summed E-state index contributed by atoms with van der Waals surface area (Å²) in [5, 5.41) is 13.7. The molecule has 1 aromatic carbocycles. The van der Waals surface area contributed by atoms with Crippen molar-refractivity contribution >= 4 is 17.4 Å². The molecule has 0 saturated carbocycles. The predicted molar refractivity (Wildman–Crippen MR) is 90.6 cm³/mol. The number of hydrogen-bond donors (Lipinski definition) is 1. The van der Waals surface area contributed by atoms with Crippen LogP contribution in [0.25, 0.3) is 0 Å². The van der Waals surface area contributed by atoms with Gasteiger partial charge < -0.3 is 19.4 Å². The highest BCUT2D eigenvalue weighted by Gasteiger charge is 2.31. The van der Waals surface area contributed by atoms with E-state index in [4.69, 9.17) is 9.15 Å². The molecule has 0 radical (unpaired) electrons. The first kappa shape index (κ1) is 17.0. The molecule has 1 N–H and O–H groups in total. The number of morpholine rings is 1. The lowest BCUT2D eigenvalue weighted by molar-refractivity contribution is -0.384. The SMILES string of the molecule is Cc1ccc([C@H]2COCCN2C(=O)Nc2cc([N+](=O)[O-])ccc2C)o1. The number of nitro benzene ring substituents is 1. The zero-order valence-corrected chi connectivity index (χ0v) is 14.0. The zero-order valence-electron chi connectivity index (χ0n) is 14.0. The number of ether oxygens (including phenoxy) is 1. The van der Waals surface area contributed by atoms with Crippen LogP contribution < -0.4 is 5.32 Å². The third-order valence-corrected chi connectivity index (χ3v) is 4.15. The molecular formula is C17H19N3O5. The van der Waals surface area contributed by atoms with Crippen LogP contribution in [0.5, 0.6) is 0 Å². The highest BCUT2D eigenvalue weighted by molar-refractivity contribution is 5.91. The van der Waals surface area contributed by atoms with Gasteiger partial charge in [-0.15, -0.1) is 0 Å². The number of carbonyl (C=O) groups excluding carboxylic acids is 1. The molecule has 1 atom stereocenters. The van der Waals surface area contributed by atoms with E-state index in [0.29, 0.717) is 31.2 Å². The van der Waals surface area contributed by atoms with E-state index in [2.05, 4.69) is 5.32 Å². The summed E-state index contributed by atoms with van der Waals surface area (Å²) in [5.74, 6) is 1.42. The van der Waals surface area contributed by atoms with E-state index < -0.39 is 4.92 Å². The van der Waals surface area contributed by atoms with Gasteiger partial charge in [0, 0.05) is 18.7 Å². The van der Waals surface area contributed by atoms with Crippen molar-refractivity contribution in [3.05, 3.63) is 57.5 Å². The average Bonchev–Trinajstić information content (AvgIpc) is 3.03. The Labute approximate surface area is 144 Å². The van der Waals surface area contributed by atoms with Gasteiger partial charge in [0.15, 0.2) is 0 Å². The lowest BCUT2D eigenvalue weighted by Crippen LogP contribution is -2.45. The third kappa shape index (κ3) is 3.63. The van der Waals surface area contributed by atoms with Crippen LogP contribution in [0.15, 0.2) is 34.7 Å². The number of furan rings is 1. The van der Waals surface area contributed by atoms with Crippen LogP contribution in [-0.2, 0) is 4.74 Å². The van der Waals surface area contributed by atoms with Crippen LogP contribution in [0.3, 0.4) is 0 Å². The summed E-state index contributed by atoms with van der Waals surface area (Å²) >= 11 is 0. The van der Waals surface area contributed by atoms with Gasteiger partial charge in [0.05, 0.1) is 23.8 Å². The van der Waals surface area contributed by atoms with Crippen LogP contribution in [0.1, 0.15) is 23.1 Å². The molecule has 8 nitrogen and oxygen atoms in total. The fourth-order valence-corrected chi connectivity index (χ4v) is 2.76. The second-order valence-corrected chi connectivity index (χ2v) is 5.92. The molecule has 132 valence electrons. The van der Waals surface area contributed by atoms with Crippen molar-refractivity contribution in [2.75, 3.05) is 25.1 Å². The van der Waals surface area contributed by atoms with E-state index in [0.717, 1.165) is 11.3 Å². The Morgan fingerprint density at radius 2 is 2.12 bits per heavy atom. The first-order valence-electron chi connectivity index (χ1n) is 7.92. The number of aryl methyl sites for hydroxylation is 2. The Bertz CT molecular complexity index is 801. The second-order valence-electron chi connectivity index (χ2n) is 5.92. The monoisotopic (exact) mass is 345 g/mol. The number of urea groups is 1. The Balaban J connectivity index is 1.81. The quantitative estimate of drug-likeness (QED) is 0.679. The zero-order chi connectivity index (χ0) is 18.0. The van der Waals surface area contributed by atoms with Crippen molar-refractivity contribution in [3.63, 3.8) is 0 Å². The fourth-order valence-electron chi connectivity index (χ4n) is 2.76. The molecule has 3 rings (SSSR count). The van der Waals surface area contributed by atoms with E-state index in [-0.39, 0.29) is 17.8 Å². The molecule has 0 aliphatic carbocycles. The van der Waals surface area contributed by atoms with Crippen molar-refractivity contribution in [1.82, 2.24) is 4.90 Å². The predicted octanol–water partition coefficient (Wildman–Crippen LogP) is 3.41. The number of anilines is 1. The van der Waals surface area contributed by atoms with E-state index in [1.807, 2.05) is 19.1 Å². The smallest absolute Gasteiger partial charge is 0.322 e. The number of amides is 2. The minimum absolute atomic E-state index is 0.0684. The Morgan fingerprint density at radius 1 is 1.32 bits per heavy atom. The maximum atomic E-state index is 12.7. The minimum atomic E-state index is -0.488. The van der Waals surface area contributed by atoms with E-state index in [1.165, 1.54) is 12.1 Å². The molecule has 1 aliphatic rings. The van der Waals surface area contributed by atoms with Crippen molar-refractivity contribution in [2.24, 2.45) is 0 Å². The maximum Gasteiger partial charge on any atom is 0.322 e. The van der Waals surface area contributed by atoms with Crippen LogP contribution in [-0.4, -0.2) is 35.6 Å². The number of nitrogens with one attached hydrogen (secondary N) is 1. The van der Waals surface area contributed by atoms with Gasteiger partial charge >= 0.3 is 6.03 Å². The number of hydrogen-bond acceptors (Lipinski definition) is 5. The molecule has 0 spiro atoms. The van der Waals surface area contributed by atoms with Crippen LogP contribution in [0.2, 0.25) is 0 Å². The first-order chi connectivity index (χ1) is 12.0. The van der Waals surface area contributed by atoms with Gasteiger partial charge in [-0.3, -0.25) is 10.1 Å². The van der Waals surface area contributed by atoms with Crippen molar-refractivity contribution in [2.45, 2.75) is 19.9 Å². The van der Waals surface area contributed by atoms with Crippen LogP contribution >= 0.6 is 0 Å². The van der Waals surface area contributed by atoms with E-state index in [9.17, 15) is 14.9 Å². The molecule has 2 heterocycles. The van der Waals surface area contributed by atoms with Crippen molar-refractivity contribution in [3.8, 4) is 0 Å². The number of nitrogens with zero attached hydrogens (tertiary/aromatic N) is 2. The number of carbonyl (C=O) groups is 1. The fraction of sp³-hybridized carbons (Fsp3) is 0.353. The summed E-state index contributed by atoms with van der Waals surface area (Å²) in [6.07, 6.45) is 0. The molecule has 2 aromatic rings. The van der Waals surface area contributed by atoms with E-state index in [1.54, 1.807) is 17.9 Å². The molecule has 25 heavy (non-hydrogen) atoms. The molecule has 2 amide bonds. The molecule has 1 fully saturated rings. The number of non-ortho nitro benzene ring substituents is 1. The van der Waals surface area contributed by atoms with Gasteiger partial charge in [-0.25, -0.2) is 4.79 Å². The average molecular weight is 345 g/mol. The van der Waals surface area contributed by atoms with Gasteiger partial charge in [0.1, 0.15) is 17.6 Å². The third-order valence-electron chi connectivity index (χ3n) is 4.15. The first-order valence-corrected chi connectivity index (χ1v) is 7.92. The Kier molecular flexibility index (Phi) is 4.71. The molecule has 1 aromatic heterocycles. The Hall–Kier alpha value is -2.87. The normalized spacial score (nSPS) is 17.4. The van der Waals surface area contributed by atoms with Gasteiger partial charge in [0.25, 0.3) is 5.69 Å². The highest BCUT2D eigenvalue weighted by atomic mass is 16.6. The summed E-state index contributed by atoms with van der Waals surface area (Å²) in [7, 11) is 0. The largest absolute Gasteiger partial charge is 0.464 e. The van der Waals surface area contributed by atoms with Crippen molar-refractivity contribution < 1.29 is 18.9 Å². The number of rotatable bonds is 3. The molecule has 8 heteroatoms. The van der Waals surface area contributed by atoms with Crippen LogP contribution in [0, 0.1) is 24.0 Å². The molecule has 1 aliphatic heterocycles. The summed E-state index contributed by atoms with van der Waals surface area (Å²) in [6, 6.07) is 7.37. The molecule has 1 saturated heterocycles. The topological polar surface area (TPSA) is 97.8 Å². The molecular weight excluding hydrogens is 326 g/mol. The highest BCUT2D eigenvalue weighted by Crippen LogP contribution is 2.28. The van der Waals surface area contributed by atoms with Crippen molar-refractivity contribution in [1.29, 1.82) is 0 Å².